The van der Waals surface area contributed by atoms with Gasteiger partial charge in [0.2, 0.25) is 5.88 Å². The molecule has 1 aliphatic heterocycles. The molecule has 0 aliphatic carbocycles. The SMILES string of the molecule is COc1cccc(CN2Cc3cc(-c4cncnc4)ccc3OC[C@@H]2C)n1. The fraction of sp³-hybridized carbons (Fsp3) is 0.286. The third-order valence-electron chi connectivity index (χ3n) is 4.79. The van der Waals surface area contributed by atoms with Gasteiger partial charge in [-0.1, -0.05) is 12.1 Å². The van der Waals surface area contributed by atoms with E-state index in [0.717, 1.165) is 41.2 Å². The van der Waals surface area contributed by atoms with Gasteiger partial charge >= 0.3 is 0 Å². The Morgan fingerprint density at radius 1 is 1.15 bits per heavy atom. The normalized spacial score (nSPS) is 16.9. The molecule has 0 spiro atoms. The van der Waals surface area contributed by atoms with E-state index in [1.54, 1.807) is 13.4 Å². The van der Waals surface area contributed by atoms with Crippen LogP contribution in [0.3, 0.4) is 0 Å². The molecule has 27 heavy (non-hydrogen) atoms. The Morgan fingerprint density at radius 3 is 2.81 bits per heavy atom. The van der Waals surface area contributed by atoms with E-state index in [-0.39, 0.29) is 6.04 Å². The minimum Gasteiger partial charge on any atom is -0.492 e. The number of benzene rings is 1. The van der Waals surface area contributed by atoms with Gasteiger partial charge in [-0.2, -0.15) is 0 Å². The molecule has 0 bridgehead atoms. The molecule has 0 fully saturated rings. The second kappa shape index (κ2) is 7.72. The van der Waals surface area contributed by atoms with Crippen LogP contribution in [0.5, 0.6) is 11.6 Å². The molecule has 1 aliphatic rings. The third kappa shape index (κ3) is 3.90. The Kier molecular flexibility index (Phi) is 4.98. The Morgan fingerprint density at radius 2 is 2.00 bits per heavy atom. The van der Waals surface area contributed by atoms with Crippen LogP contribution in [0.15, 0.2) is 55.1 Å². The van der Waals surface area contributed by atoms with Crippen LogP contribution < -0.4 is 9.47 Å². The van der Waals surface area contributed by atoms with E-state index in [0.29, 0.717) is 12.5 Å². The van der Waals surface area contributed by atoms with Crippen LogP contribution in [0.25, 0.3) is 11.1 Å². The number of methoxy groups -OCH3 is 1. The molecular formula is C21H22N4O2. The molecule has 0 radical (unpaired) electrons. The van der Waals surface area contributed by atoms with Gasteiger partial charge in [-0.25, -0.2) is 15.0 Å². The van der Waals surface area contributed by atoms with Crippen molar-refractivity contribution in [1.29, 1.82) is 0 Å². The van der Waals surface area contributed by atoms with E-state index >= 15 is 0 Å². The Bertz CT molecular complexity index is 917. The van der Waals surface area contributed by atoms with Crippen LogP contribution in [0.1, 0.15) is 18.2 Å². The largest absolute Gasteiger partial charge is 0.492 e. The highest BCUT2D eigenvalue weighted by atomic mass is 16.5. The summed E-state index contributed by atoms with van der Waals surface area (Å²) < 4.78 is 11.3. The molecular weight excluding hydrogens is 340 g/mol. The molecule has 3 heterocycles. The maximum Gasteiger partial charge on any atom is 0.213 e. The van der Waals surface area contributed by atoms with Crippen molar-refractivity contribution in [2.24, 2.45) is 0 Å². The third-order valence-corrected chi connectivity index (χ3v) is 4.79. The zero-order valence-corrected chi connectivity index (χ0v) is 15.5. The molecule has 2 aromatic heterocycles. The van der Waals surface area contributed by atoms with Crippen molar-refractivity contribution in [1.82, 2.24) is 19.9 Å². The van der Waals surface area contributed by atoms with E-state index in [2.05, 4.69) is 38.9 Å². The highest BCUT2D eigenvalue weighted by molar-refractivity contribution is 5.64. The van der Waals surface area contributed by atoms with E-state index in [4.69, 9.17) is 9.47 Å². The van der Waals surface area contributed by atoms with Gasteiger partial charge in [0, 0.05) is 48.7 Å². The molecule has 0 saturated heterocycles. The Balaban J connectivity index is 1.61. The van der Waals surface area contributed by atoms with Crippen molar-refractivity contribution in [3.05, 3.63) is 66.4 Å². The molecule has 3 aromatic rings. The van der Waals surface area contributed by atoms with Crippen LogP contribution in [0, 0.1) is 0 Å². The average molecular weight is 362 g/mol. The van der Waals surface area contributed by atoms with Crippen molar-refractivity contribution < 1.29 is 9.47 Å². The monoisotopic (exact) mass is 362 g/mol. The molecule has 6 heteroatoms. The van der Waals surface area contributed by atoms with Crippen LogP contribution in [0.2, 0.25) is 0 Å². The number of rotatable bonds is 4. The first-order valence-corrected chi connectivity index (χ1v) is 8.98. The maximum absolute atomic E-state index is 6.05. The minimum atomic E-state index is 0.272. The molecule has 0 unspecified atom stereocenters. The van der Waals surface area contributed by atoms with Crippen molar-refractivity contribution in [2.75, 3.05) is 13.7 Å². The van der Waals surface area contributed by atoms with Gasteiger partial charge in [0.1, 0.15) is 18.7 Å². The first kappa shape index (κ1) is 17.4. The zero-order chi connectivity index (χ0) is 18.6. The summed E-state index contributed by atoms with van der Waals surface area (Å²) in [5.41, 5.74) is 4.23. The van der Waals surface area contributed by atoms with Gasteiger partial charge in [0.05, 0.1) is 12.8 Å². The number of nitrogens with zero attached hydrogens (tertiary/aromatic N) is 4. The summed E-state index contributed by atoms with van der Waals surface area (Å²) in [7, 11) is 1.64. The number of aromatic nitrogens is 3. The van der Waals surface area contributed by atoms with E-state index in [1.807, 2.05) is 36.7 Å². The van der Waals surface area contributed by atoms with Crippen molar-refractivity contribution in [2.45, 2.75) is 26.1 Å². The lowest BCUT2D eigenvalue weighted by Crippen LogP contribution is -2.34. The summed E-state index contributed by atoms with van der Waals surface area (Å²) >= 11 is 0. The van der Waals surface area contributed by atoms with E-state index in [1.165, 1.54) is 0 Å². The van der Waals surface area contributed by atoms with E-state index < -0.39 is 0 Å². The lowest BCUT2D eigenvalue weighted by Gasteiger charge is -2.25. The number of hydrogen-bond acceptors (Lipinski definition) is 6. The number of pyridine rings is 1. The minimum absolute atomic E-state index is 0.272. The summed E-state index contributed by atoms with van der Waals surface area (Å²) in [5.74, 6) is 1.57. The smallest absolute Gasteiger partial charge is 0.213 e. The quantitative estimate of drug-likeness (QED) is 0.709. The molecule has 6 nitrogen and oxygen atoms in total. The fourth-order valence-corrected chi connectivity index (χ4v) is 3.24. The number of hydrogen-bond donors (Lipinski definition) is 0. The van der Waals surface area contributed by atoms with Crippen molar-refractivity contribution in [3.8, 4) is 22.8 Å². The summed E-state index contributed by atoms with van der Waals surface area (Å²) in [6.45, 7) is 4.35. The average Bonchev–Trinajstić information content (AvgIpc) is 2.87. The van der Waals surface area contributed by atoms with Crippen LogP contribution in [0.4, 0.5) is 0 Å². The predicted octanol–water partition coefficient (Wildman–Crippen LogP) is 3.33. The van der Waals surface area contributed by atoms with E-state index in [9.17, 15) is 0 Å². The van der Waals surface area contributed by atoms with Gasteiger partial charge < -0.3 is 9.47 Å². The summed E-state index contributed by atoms with van der Waals surface area (Å²) in [5, 5.41) is 0. The second-order valence-corrected chi connectivity index (χ2v) is 6.69. The molecule has 138 valence electrons. The lowest BCUT2D eigenvalue weighted by atomic mass is 10.0. The maximum atomic E-state index is 6.05. The Hall–Kier alpha value is -2.99. The first-order chi connectivity index (χ1) is 13.2. The van der Waals surface area contributed by atoms with Crippen LogP contribution >= 0.6 is 0 Å². The highest BCUT2D eigenvalue weighted by Crippen LogP contribution is 2.30. The number of fused-ring (bicyclic) bond motifs is 1. The van der Waals surface area contributed by atoms with Crippen LogP contribution in [-0.4, -0.2) is 39.6 Å². The number of ether oxygens (including phenoxy) is 2. The molecule has 1 atom stereocenters. The standard InChI is InChI=1S/C21H22N4O2/c1-15-13-27-20-7-6-16(18-9-22-14-23-10-18)8-17(20)11-25(15)12-19-4-3-5-21(24-19)26-2/h3-10,14-15H,11-13H2,1-2H3/t15-/m0/s1. The summed E-state index contributed by atoms with van der Waals surface area (Å²) in [6.07, 6.45) is 5.19. The summed E-state index contributed by atoms with van der Waals surface area (Å²) in [6, 6.07) is 12.4. The molecule has 1 aromatic carbocycles. The van der Waals surface area contributed by atoms with Crippen molar-refractivity contribution in [3.63, 3.8) is 0 Å². The molecule has 0 saturated carbocycles. The second-order valence-electron chi connectivity index (χ2n) is 6.69. The topological polar surface area (TPSA) is 60.4 Å². The van der Waals surface area contributed by atoms with Gasteiger partial charge in [0.25, 0.3) is 0 Å². The van der Waals surface area contributed by atoms with Gasteiger partial charge in [-0.3, -0.25) is 4.90 Å². The lowest BCUT2D eigenvalue weighted by molar-refractivity contribution is 0.149. The van der Waals surface area contributed by atoms with Gasteiger partial charge in [-0.15, -0.1) is 0 Å². The predicted molar refractivity (Wildman–Crippen MR) is 102 cm³/mol. The molecule has 0 amide bonds. The zero-order valence-electron chi connectivity index (χ0n) is 15.5. The first-order valence-electron chi connectivity index (χ1n) is 8.98. The Labute approximate surface area is 158 Å². The van der Waals surface area contributed by atoms with Gasteiger partial charge in [-0.05, 0) is 30.7 Å². The molecule has 4 rings (SSSR count). The van der Waals surface area contributed by atoms with Crippen LogP contribution in [-0.2, 0) is 13.1 Å². The van der Waals surface area contributed by atoms with Gasteiger partial charge in [0.15, 0.2) is 0 Å². The fourth-order valence-electron chi connectivity index (χ4n) is 3.24. The summed E-state index contributed by atoms with van der Waals surface area (Å²) in [4.78, 5) is 15.2. The highest BCUT2D eigenvalue weighted by Gasteiger charge is 2.22. The van der Waals surface area contributed by atoms with Crippen molar-refractivity contribution >= 4 is 0 Å². The molecule has 0 N–H and O–H groups in total.